The number of anilines is 7. The Morgan fingerprint density at radius 2 is 1.48 bits per heavy atom. The molecule has 3 aromatic carbocycles. The van der Waals surface area contributed by atoms with Crippen molar-refractivity contribution < 1.29 is 0 Å². The van der Waals surface area contributed by atoms with E-state index in [9.17, 15) is 0 Å². The lowest BCUT2D eigenvalue weighted by Crippen LogP contribution is -2.54. The van der Waals surface area contributed by atoms with E-state index in [1.165, 1.54) is 16.9 Å². The van der Waals surface area contributed by atoms with Gasteiger partial charge in [0.1, 0.15) is 12.3 Å². The summed E-state index contributed by atoms with van der Waals surface area (Å²) in [6, 6.07) is 33.0. The van der Waals surface area contributed by atoms with Crippen molar-refractivity contribution >= 4 is 46.3 Å². The Labute approximate surface area is 283 Å². The SMILES string of the molecule is C=Cc1ccccc1N1c2ncc(CC)nc2N(c2ccccc2)C1C1C2(C)c3ccccc3N3c4ncccc4N(C(C)C)C3C12C. The third kappa shape index (κ3) is 3.51. The standard InChI is InChI=1S/C41H41N7/c1-7-27-17-12-14-21-31(27)47-36-37(44-28(8-2)25-43-36)46(29-18-10-9-11-19-29)38(47)34-40(5)30-20-13-15-22-32(30)48-35-33(23-16-24-42-35)45(26(3)4)39(48)41(34,40)6/h7,9-26,34,38-39H,1,8H2,2-6H3. The molecule has 240 valence electrons. The fourth-order valence-corrected chi connectivity index (χ4v) is 9.57. The Bertz CT molecular complexity index is 2080. The zero-order chi connectivity index (χ0) is 32.9. The van der Waals surface area contributed by atoms with Crippen molar-refractivity contribution in [3.05, 3.63) is 127 Å². The van der Waals surface area contributed by atoms with Crippen LogP contribution in [0.5, 0.6) is 0 Å². The van der Waals surface area contributed by atoms with Crippen molar-refractivity contribution in [2.75, 3.05) is 19.6 Å². The third-order valence-electron chi connectivity index (χ3n) is 11.8. The molecule has 5 aromatic rings. The van der Waals surface area contributed by atoms with Gasteiger partial charge >= 0.3 is 0 Å². The predicted molar refractivity (Wildman–Crippen MR) is 196 cm³/mol. The average molecular weight is 632 g/mol. The number of hydrogen-bond donors (Lipinski definition) is 0. The van der Waals surface area contributed by atoms with E-state index >= 15 is 0 Å². The van der Waals surface area contributed by atoms with E-state index in [0.717, 1.165) is 46.5 Å². The van der Waals surface area contributed by atoms with Crippen LogP contribution in [-0.2, 0) is 11.8 Å². The fourth-order valence-electron chi connectivity index (χ4n) is 9.57. The van der Waals surface area contributed by atoms with Gasteiger partial charge in [0, 0.05) is 40.4 Å². The molecule has 0 radical (unpaired) electrons. The first-order valence-electron chi connectivity index (χ1n) is 17.2. The highest BCUT2D eigenvalue weighted by Crippen LogP contribution is 2.80. The second-order valence-corrected chi connectivity index (χ2v) is 14.2. The Kier molecular flexibility index (Phi) is 6.14. The second kappa shape index (κ2) is 10.2. The first-order valence-corrected chi connectivity index (χ1v) is 17.2. The molecule has 5 atom stereocenters. The van der Waals surface area contributed by atoms with Gasteiger partial charge in [0.2, 0.25) is 0 Å². The highest BCUT2D eigenvalue weighted by atomic mass is 15.5. The molecule has 0 amide bonds. The summed E-state index contributed by atoms with van der Waals surface area (Å²) < 4.78 is 0. The molecule has 1 saturated carbocycles. The number of hydrogen-bond acceptors (Lipinski definition) is 7. The maximum Gasteiger partial charge on any atom is 0.178 e. The van der Waals surface area contributed by atoms with Crippen molar-refractivity contribution in [2.45, 2.75) is 64.8 Å². The summed E-state index contributed by atoms with van der Waals surface area (Å²) in [6.45, 7) is 16.0. The Morgan fingerprint density at radius 3 is 2.23 bits per heavy atom. The third-order valence-corrected chi connectivity index (χ3v) is 11.8. The number of nitrogens with zero attached hydrogens (tertiary/aromatic N) is 7. The molecule has 9 rings (SSSR count). The summed E-state index contributed by atoms with van der Waals surface area (Å²) in [4.78, 5) is 25.7. The van der Waals surface area contributed by atoms with Gasteiger partial charge in [-0.25, -0.2) is 15.0 Å². The minimum Gasteiger partial charge on any atom is -0.345 e. The van der Waals surface area contributed by atoms with E-state index in [1.54, 1.807) is 0 Å². The van der Waals surface area contributed by atoms with Crippen LogP contribution < -0.4 is 19.6 Å². The van der Waals surface area contributed by atoms with Crippen LogP contribution in [0.25, 0.3) is 6.08 Å². The van der Waals surface area contributed by atoms with Crippen molar-refractivity contribution in [1.29, 1.82) is 0 Å². The van der Waals surface area contributed by atoms with E-state index in [-0.39, 0.29) is 35.1 Å². The molecule has 0 N–H and O–H groups in total. The average Bonchev–Trinajstić information content (AvgIpc) is 3.36. The summed E-state index contributed by atoms with van der Waals surface area (Å²) in [5.41, 5.74) is 7.70. The second-order valence-electron chi connectivity index (χ2n) is 14.2. The highest BCUT2D eigenvalue weighted by molar-refractivity contribution is 5.90. The Hall–Kier alpha value is -5.17. The first kappa shape index (κ1) is 29.0. The van der Waals surface area contributed by atoms with E-state index in [0.29, 0.717) is 0 Å². The lowest BCUT2D eigenvalue weighted by Gasteiger charge is -2.45. The van der Waals surface area contributed by atoms with Gasteiger partial charge in [-0.1, -0.05) is 88.0 Å². The lowest BCUT2D eigenvalue weighted by atomic mass is 9.81. The van der Waals surface area contributed by atoms with Crippen LogP contribution in [0.3, 0.4) is 0 Å². The molecular formula is C41H41N7. The summed E-state index contributed by atoms with van der Waals surface area (Å²) >= 11 is 0. The molecule has 0 saturated heterocycles. The number of aryl methyl sites for hydroxylation is 1. The summed E-state index contributed by atoms with van der Waals surface area (Å²) in [6.07, 6.45) is 6.61. The summed E-state index contributed by atoms with van der Waals surface area (Å²) in [7, 11) is 0. The zero-order valence-corrected chi connectivity index (χ0v) is 28.2. The van der Waals surface area contributed by atoms with Crippen molar-refractivity contribution in [1.82, 2.24) is 15.0 Å². The predicted octanol–water partition coefficient (Wildman–Crippen LogP) is 8.99. The van der Waals surface area contributed by atoms with Crippen LogP contribution >= 0.6 is 0 Å². The molecule has 1 fully saturated rings. The molecule has 0 bridgehead atoms. The Morgan fingerprint density at radius 1 is 0.771 bits per heavy atom. The van der Waals surface area contributed by atoms with Crippen LogP contribution in [0.1, 0.15) is 51.4 Å². The quantitative estimate of drug-likeness (QED) is 0.185. The Balaban J connectivity index is 1.34. The number of para-hydroxylation sites is 3. The number of pyridine rings is 1. The van der Waals surface area contributed by atoms with Gasteiger partial charge in [-0.05, 0) is 67.8 Å². The first-order chi connectivity index (χ1) is 23.4. The normalized spacial score (nSPS) is 26.2. The molecule has 48 heavy (non-hydrogen) atoms. The number of aromatic nitrogens is 3. The fraction of sp³-hybridized carbons (Fsp3) is 0.293. The van der Waals surface area contributed by atoms with E-state index in [1.807, 2.05) is 18.5 Å². The van der Waals surface area contributed by atoms with Gasteiger partial charge in [0.25, 0.3) is 0 Å². The number of fused-ring (bicyclic) bond motifs is 9. The summed E-state index contributed by atoms with van der Waals surface area (Å²) in [5.74, 6) is 2.99. The molecule has 7 nitrogen and oxygen atoms in total. The van der Waals surface area contributed by atoms with Gasteiger partial charge in [0.05, 0.1) is 23.3 Å². The van der Waals surface area contributed by atoms with E-state index in [2.05, 4.69) is 152 Å². The zero-order valence-electron chi connectivity index (χ0n) is 28.2. The number of rotatable bonds is 6. The van der Waals surface area contributed by atoms with Gasteiger partial charge in [-0.2, -0.15) is 0 Å². The molecule has 2 aromatic heterocycles. The molecule has 3 aliphatic heterocycles. The van der Waals surface area contributed by atoms with Crippen LogP contribution in [0.4, 0.5) is 40.2 Å². The number of benzene rings is 3. The molecule has 5 heterocycles. The molecule has 5 unspecified atom stereocenters. The van der Waals surface area contributed by atoms with E-state index < -0.39 is 0 Å². The van der Waals surface area contributed by atoms with Gasteiger partial charge in [0.15, 0.2) is 17.5 Å². The largest absolute Gasteiger partial charge is 0.345 e. The van der Waals surface area contributed by atoms with Crippen LogP contribution in [0.15, 0.2) is 110 Å². The van der Waals surface area contributed by atoms with Crippen LogP contribution in [0, 0.1) is 11.3 Å². The van der Waals surface area contributed by atoms with Gasteiger partial charge in [-0.15, -0.1) is 0 Å². The van der Waals surface area contributed by atoms with Crippen molar-refractivity contribution in [3.63, 3.8) is 0 Å². The monoisotopic (exact) mass is 631 g/mol. The maximum absolute atomic E-state index is 5.34. The maximum atomic E-state index is 5.34. The van der Waals surface area contributed by atoms with Gasteiger partial charge in [-0.3, -0.25) is 0 Å². The van der Waals surface area contributed by atoms with E-state index in [4.69, 9.17) is 15.0 Å². The highest BCUT2D eigenvalue weighted by Gasteiger charge is 2.83. The van der Waals surface area contributed by atoms with Crippen molar-refractivity contribution in [3.8, 4) is 0 Å². The summed E-state index contributed by atoms with van der Waals surface area (Å²) in [5, 5.41) is 0. The van der Waals surface area contributed by atoms with Crippen LogP contribution in [0.2, 0.25) is 0 Å². The minimum atomic E-state index is -0.193. The lowest BCUT2D eigenvalue weighted by molar-refractivity contribution is 0.325. The molecule has 1 aliphatic carbocycles. The minimum absolute atomic E-state index is 0.0669. The van der Waals surface area contributed by atoms with Crippen molar-refractivity contribution in [2.24, 2.45) is 11.3 Å². The molecule has 0 spiro atoms. The van der Waals surface area contributed by atoms with Gasteiger partial charge < -0.3 is 19.6 Å². The molecule has 7 heteroatoms. The smallest absolute Gasteiger partial charge is 0.178 e. The molecule has 4 aliphatic rings. The molecular weight excluding hydrogens is 591 g/mol. The topological polar surface area (TPSA) is 51.6 Å². The van der Waals surface area contributed by atoms with Crippen LogP contribution in [-0.4, -0.2) is 33.3 Å².